The summed E-state index contributed by atoms with van der Waals surface area (Å²) in [5.74, 6) is 1.60. The van der Waals surface area contributed by atoms with Gasteiger partial charge in [0, 0.05) is 12.2 Å². The second kappa shape index (κ2) is 7.20. The number of ether oxygens (including phenoxy) is 2. The molecule has 0 heterocycles. The molecule has 0 saturated carbocycles. The van der Waals surface area contributed by atoms with Crippen molar-refractivity contribution in [3.63, 3.8) is 0 Å². The monoisotopic (exact) mass is 282 g/mol. The van der Waals surface area contributed by atoms with E-state index >= 15 is 0 Å². The van der Waals surface area contributed by atoms with Crippen LogP contribution in [0.5, 0.6) is 11.5 Å². The lowest BCUT2D eigenvalue weighted by Crippen LogP contribution is -2.00. The summed E-state index contributed by atoms with van der Waals surface area (Å²) in [6, 6.07) is 15.7. The van der Waals surface area contributed by atoms with Gasteiger partial charge in [-0.3, -0.25) is 0 Å². The van der Waals surface area contributed by atoms with Gasteiger partial charge in [-0.25, -0.2) is 0 Å². The average Bonchev–Trinajstić information content (AvgIpc) is 2.52. The standard InChI is InChI=1S/C17H18N2O2/c1-13-11-15(5-8-17(13)20-2)19-12-14-3-6-16(7-4-14)21-10-9-18/h3-8,11,19H,10,12H2,1-2H3. The SMILES string of the molecule is COc1ccc(NCc2ccc(OCC#N)cc2)cc1C. The van der Waals surface area contributed by atoms with E-state index in [1.807, 2.05) is 49.4 Å². The summed E-state index contributed by atoms with van der Waals surface area (Å²) in [7, 11) is 1.67. The Hall–Kier alpha value is -2.67. The molecule has 0 aliphatic heterocycles. The van der Waals surface area contributed by atoms with Crippen molar-refractivity contribution >= 4 is 5.69 Å². The van der Waals surface area contributed by atoms with Gasteiger partial charge >= 0.3 is 0 Å². The average molecular weight is 282 g/mol. The minimum Gasteiger partial charge on any atom is -0.496 e. The van der Waals surface area contributed by atoms with Gasteiger partial charge in [0.1, 0.15) is 17.6 Å². The van der Waals surface area contributed by atoms with Gasteiger partial charge in [-0.2, -0.15) is 5.26 Å². The Labute approximate surface area is 124 Å². The van der Waals surface area contributed by atoms with Gasteiger partial charge in [0.25, 0.3) is 0 Å². The Morgan fingerprint density at radius 1 is 1.14 bits per heavy atom. The van der Waals surface area contributed by atoms with E-state index in [0.717, 1.165) is 29.1 Å². The first-order valence-electron chi connectivity index (χ1n) is 6.70. The van der Waals surface area contributed by atoms with Crippen LogP contribution < -0.4 is 14.8 Å². The lowest BCUT2D eigenvalue weighted by atomic mass is 10.2. The molecule has 4 nitrogen and oxygen atoms in total. The zero-order chi connectivity index (χ0) is 15.1. The molecule has 0 fully saturated rings. The topological polar surface area (TPSA) is 54.3 Å². The lowest BCUT2D eigenvalue weighted by molar-refractivity contribution is 0.368. The number of benzene rings is 2. The molecule has 2 rings (SSSR count). The van der Waals surface area contributed by atoms with Crippen molar-refractivity contribution < 1.29 is 9.47 Å². The maximum Gasteiger partial charge on any atom is 0.174 e. The number of methoxy groups -OCH3 is 1. The largest absolute Gasteiger partial charge is 0.496 e. The van der Waals surface area contributed by atoms with Gasteiger partial charge in [0.15, 0.2) is 6.61 Å². The van der Waals surface area contributed by atoms with E-state index in [4.69, 9.17) is 14.7 Å². The number of aryl methyl sites for hydroxylation is 1. The molecule has 108 valence electrons. The van der Waals surface area contributed by atoms with Crippen molar-refractivity contribution in [3.05, 3.63) is 53.6 Å². The Kier molecular flexibility index (Phi) is 5.05. The van der Waals surface area contributed by atoms with Gasteiger partial charge in [-0.15, -0.1) is 0 Å². The van der Waals surface area contributed by atoms with Crippen LogP contribution in [0, 0.1) is 18.3 Å². The molecule has 4 heteroatoms. The van der Waals surface area contributed by atoms with Crippen LogP contribution >= 0.6 is 0 Å². The smallest absolute Gasteiger partial charge is 0.174 e. The molecule has 0 unspecified atom stereocenters. The van der Waals surface area contributed by atoms with E-state index in [2.05, 4.69) is 11.4 Å². The third kappa shape index (κ3) is 4.15. The number of nitrogens with zero attached hydrogens (tertiary/aromatic N) is 1. The molecule has 0 atom stereocenters. The molecule has 1 N–H and O–H groups in total. The van der Waals surface area contributed by atoms with E-state index in [1.165, 1.54) is 0 Å². The molecule has 0 radical (unpaired) electrons. The zero-order valence-electron chi connectivity index (χ0n) is 12.2. The summed E-state index contributed by atoms with van der Waals surface area (Å²) in [6.45, 7) is 2.82. The molecule has 2 aromatic carbocycles. The highest BCUT2D eigenvalue weighted by Gasteiger charge is 2.00. The maximum atomic E-state index is 8.46. The van der Waals surface area contributed by atoms with Gasteiger partial charge in [0.2, 0.25) is 0 Å². The normalized spacial score (nSPS) is 9.76. The van der Waals surface area contributed by atoms with E-state index in [9.17, 15) is 0 Å². The third-order valence-electron chi connectivity index (χ3n) is 3.12. The first-order valence-corrected chi connectivity index (χ1v) is 6.70. The van der Waals surface area contributed by atoms with Crippen molar-refractivity contribution in [1.29, 1.82) is 5.26 Å². The Morgan fingerprint density at radius 3 is 2.52 bits per heavy atom. The summed E-state index contributed by atoms with van der Waals surface area (Å²) in [5, 5.41) is 11.8. The third-order valence-corrected chi connectivity index (χ3v) is 3.12. The molecule has 0 saturated heterocycles. The summed E-state index contributed by atoms with van der Waals surface area (Å²) >= 11 is 0. The Bertz CT molecular complexity index is 630. The lowest BCUT2D eigenvalue weighted by Gasteiger charge is -2.10. The van der Waals surface area contributed by atoms with Gasteiger partial charge in [-0.05, 0) is 48.4 Å². The van der Waals surface area contributed by atoms with Crippen LogP contribution in [0.15, 0.2) is 42.5 Å². The van der Waals surface area contributed by atoms with Crippen molar-refractivity contribution in [2.75, 3.05) is 19.0 Å². The summed E-state index contributed by atoms with van der Waals surface area (Å²) in [4.78, 5) is 0. The fourth-order valence-corrected chi connectivity index (χ4v) is 2.01. The van der Waals surface area contributed by atoms with E-state index in [-0.39, 0.29) is 6.61 Å². The van der Waals surface area contributed by atoms with Crippen LogP contribution in [0.3, 0.4) is 0 Å². The minimum absolute atomic E-state index is 0.0721. The molecule has 0 spiro atoms. The number of nitrogens with one attached hydrogen (secondary N) is 1. The number of hydrogen-bond acceptors (Lipinski definition) is 4. The van der Waals surface area contributed by atoms with Gasteiger partial charge in [-0.1, -0.05) is 12.1 Å². The first kappa shape index (κ1) is 14.7. The van der Waals surface area contributed by atoms with Crippen molar-refractivity contribution in [2.24, 2.45) is 0 Å². The fourth-order valence-electron chi connectivity index (χ4n) is 2.01. The highest BCUT2D eigenvalue weighted by atomic mass is 16.5. The number of rotatable bonds is 6. The predicted molar refractivity (Wildman–Crippen MR) is 82.6 cm³/mol. The second-order valence-corrected chi connectivity index (χ2v) is 4.63. The summed E-state index contributed by atoms with van der Waals surface area (Å²) < 4.78 is 10.5. The van der Waals surface area contributed by atoms with E-state index < -0.39 is 0 Å². The second-order valence-electron chi connectivity index (χ2n) is 4.63. The van der Waals surface area contributed by atoms with Crippen LogP contribution in [0.1, 0.15) is 11.1 Å². The molecule has 21 heavy (non-hydrogen) atoms. The Morgan fingerprint density at radius 2 is 1.90 bits per heavy atom. The number of hydrogen-bond donors (Lipinski definition) is 1. The van der Waals surface area contributed by atoms with Crippen molar-refractivity contribution in [2.45, 2.75) is 13.5 Å². The highest BCUT2D eigenvalue weighted by Crippen LogP contribution is 2.22. The molecular formula is C17H18N2O2. The molecular weight excluding hydrogens is 264 g/mol. The van der Waals surface area contributed by atoms with Gasteiger partial charge in [0.05, 0.1) is 7.11 Å². The molecule has 0 amide bonds. The summed E-state index contributed by atoms with van der Waals surface area (Å²) in [6.07, 6.45) is 0. The first-order chi connectivity index (χ1) is 10.2. The molecule has 0 aromatic heterocycles. The molecule has 0 aliphatic rings. The van der Waals surface area contributed by atoms with Crippen LogP contribution in [0.4, 0.5) is 5.69 Å². The van der Waals surface area contributed by atoms with E-state index in [0.29, 0.717) is 5.75 Å². The molecule has 2 aromatic rings. The van der Waals surface area contributed by atoms with Crippen LogP contribution in [-0.4, -0.2) is 13.7 Å². The van der Waals surface area contributed by atoms with Crippen LogP contribution in [-0.2, 0) is 6.54 Å². The van der Waals surface area contributed by atoms with Crippen LogP contribution in [0.25, 0.3) is 0 Å². The highest BCUT2D eigenvalue weighted by molar-refractivity contribution is 5.51. The van der Waals surface area contributed by atoms with Crippen molar-refractivity contribution in [1.82, 2.24) is 0 Å². The van der Waals surface area contributed by atoms with E-state index in [1.54, 1.807) is 7.11 Å². The summed E-state index contributed by atoms with van der Waals surface area (Å²) in [5.41, 5.74) is 3.30. The zero-order valence-corrected chi connectivity index (χ0v) is 12.2. The predicted octanol–water partition coefficient (Wildman–Crippen LogP) is 3.52. The van der Waals surface area contributed by atoms with Gasteiger partial charge < -0.3 is 14.8 Å². The quantitative estimate of drug-likeness (QED) is 0.880. The molecule has 0 bridgehead atoms. The minimum atomic E-state index is 0.0721. The number of nitriles is 1. The van der Waals surface area contributed by atoms with Crippen molar-refractivity contribution in [3.8, 4) is 17.6 Å². The van der Waals surface area contributed by atoms with Crippen LogP contribution in [0.2, 0.25) is 0 Å². The fraction of sp³-hybridized carbons (Fsp3) is 0.235. The molecule has 0 aliphatic carbocycles. The Balaban J connectivity index is 1.93. The number of anilines is 1. The maximum absolute atomic E-state index is 8.46.